The van der Waals surface area contributed by atoms with Gasteiger partial charge >= 0.3 is 0 Å². The van der Waals surface area contributed by atoms with Gasteiger partial charge in [-0.1, -0.05) is 6.92 Å². The molecule has 0 bridgehead atoms. The van der Waals surface area contributed by atoms with Crippen LogP contribution >= 0.6 is 12.2 Å². The molecule has 0 heterocycles. The zero-order valence-corrected chi connectivity index (χ0v) is 7.93. The third-order valence-corrected chi connectivity index (χ3v) is 2.51. The summed E-state index contributed by atoms with van der Waals surface area (Å²) in [6, 6.07) is 0. The highest BCUT2D eigenvalue weighted by Crippen LogP contribution is 2.33. The lowest BCUT2D eigenvalue weighted by Crippen LogP contribution is -2.24. The van der Waals surface area contributed by atoms with E-state index in [9.17, 15) is 0 Å². The van der Waals surface area contributed by atoms with E-state index in [0.29, 0.717) is 0 Å². The van der Waals surface area contributed by atoms with Crippen LogP contribution in [0.4, 0.5) is 0 Å². The molecule has 1 rings (SSSR count). The molecule has 64 valence electrons. The lowest BCUT2D eigenvalue weighted by Gasteiger charge is -2.31. The molecule has 0 atom stereocenters. The summed E-state index contributed by atoms with van der Waals surface area (Å²) in [5.74, 6) is 1.72. The zero-order valence-electron chi connectivity index (χ0n) is 7.12. The summed E-state index contributed by atoms with van der Waals surface area (Å²) in [6.45, 7) is 5.04. The third kappa shape index (κ3) is 3.25. The molecule has 0 aromatic rings. The molecule has 3 heteroatoms. The van der Waals surface area contributed by atoms with Crippen LogP contribution in [0.15, 0.2) is 4.40 Å². The largest absolute Gasteiger partial charge is 0.295 e. The minimum Gasteiger partial charge on any atom is -0.295 e. The molecule has 0 saturated heterocycles. The zero-order chi connectivity index (χ0) is 8.10. The Bertz CT molecular complexity index is 132. The van der Waals surface area contributed by atoms with Crippen molar-refractivity contribution in [3.8, 4) is 0 Å². The van der Waals surface area contributed by atoms with Crippen LogP contribution in [0.3, 0.4) is 0 Å². The van der Waals surface area contributed by atoms with E-state index < -0.39 is 0 Å². The second kappa shape index (κ2) is 4.78. The van der Waals surface area contributed by atoms with E-state index >= 15 is 0 Å². The van der Waals surface area contributed by atoms with Crippen molar-refractivity contribution in [1.82, 2.24) is 0 Å². The maximum Gasteiger partial charge on any atom is 0.135 e. The third-order valence-electron chi connectivity index (χ3n) is 1.98. The average molecular weight is 173 g/mol. The normalized spacial score (nSPS) is 30.7. The van der Waals surface area contributed by atoms with Crippen molar-refractivity contribution < 1.29 is 4.18 Å². The molecule has 0 N–H and O–H groups in total. The van der Waals surface area contributed by atoms with Crippen LogP contribution in [0.1, 0.15) is 26.7 Å². The molecule has 0 spiro atoms. The summed E-state index contributed by atoms with van der Waals surface area (Å²) in [5, 5.41) is 0. The van der Waals surface area contributed by atoms with Crippen molar-refractivity contribution in [2.24, 2.45) is 16.2 Å². The molecule has 0 unspecified atom stereocenters. The van der Waals surface area contributed by atoms with Crippen molar-refractivity contribution in [3.63, 3.8) is 0 Å². The predicted octanol–water partition coefficient (Wildman–Crippen LogP) is 2.70. The Labute approximate surface area is 72.8 Å². The van der Waals surface area contributed by atoms with Gasteiger partial charge in [-0.05, 0) is 31.6 Å². The monoisotopic (exact) mass is 173 g/mol. The van der Waals surface area contributed by atoms with E-state index in [1.807, 2.05) is 6.92 Å². The SMILES string of the molecule is C/C=N\SOCC1CC(C)C1. The molecule has 0 aliphatic heterocycles. The van der Waals surface area contributed by atoms with Gasteiger partial charge in [0.15, 0.2) is 0 Å². The highest BCUT2D eigenvalue weighted by molar-refractivity contribution is 7.93. The first-order valence-corrected chi connectivity index (χ1v) is 4.79. The molecule has 0 aromatic heterocycles. The number of hydrogen-bond acceptors (Lipinski definition) is 3. The first-order valence-electron chi connectivity index (χ1n) is 4.09. The number of rotatable bonds is 4. The van der Waals surface area contributed by atoms with Gasteiger partial charge in [-0.3, -0.25) is 4.18 Å². The van der Waals surface area contributed by atoms with Gasteiger partial charge in [0.25, 0.3) is 0 Å². The lowest BCUT2D eigenvalue weighted by molar-refractivity contribution is 0.144. The fraction of sp³-hybridized carbons (Fsp3) is 0.875. The minimum absolute atomic E-state index is 0.796. The molecule has 2 nitrogen and oxygen atoms in total. The molecular formula is C8H15NOS. The van der Waals surface area contributed by atoms with E-state index in [4.69, 9.17) is 4.18 Å². The van der Waals surface area contributed by atoms with E-state index in [0.717, 1.165) is 18.4 Å². The maximum atomic E-state index is 5.25. The van der Waals surface area contributed by atoms with E-state index in [1.165, 1.54) is 25.1 Å². The Hall–Kier alpha value is -0.0200. The van der Waals surface area contributed by atoms with Crippen LogP contribution in [-0.2, 0) is 4.18 Å². The summed E-state index contributed by atoms with van der Waals surface area (Å²) in [7, 11) is 0. The second-order valence-electron chi connectivity index (χ2n) is 3.17. The quantitative estimate of drug-likeness (QED) is 0.282. The van der Waals surface area contributed by atoms with Crippen LogP contribution in [0.2, 0.25) is 0 Å². The molecule has 1 saturated carbocycles. The minimum atomic E-state index is 0.796. The van der Waals surface area contributed by atoms with Crippen LogP contribution in [0.5, 0.6) is 0 Å². The van der Waals surface area contributed by atoms with Crippen molar-refractivity contribution in [2.45, 2.75) is 26.7 Å². The van der Waals surface area contributed by atoms with E-state index in [2.05, 4.69) is 11.3 Å². The first-order chi connectivity index (χ1) is 5.33. The van der Waals surface area contributed by atoms with Crippen molar-refractivity contribution >= 4 is 18.4 Å². The molecular weight excluding hydrogens is 158 g/mol. The van der Waals surface area contributed by atoms with Crippen LogP contribution < -0.4 is 0 Å². The molecule has 1 aliphatic rings. The summed E-state index contributed by atoms with van der Waals surface area (Å²) in [5.41, 5.74) is 0. The molecule has 0 aromatic carbocycles. The topological polar surface area (TPSA) is 21.6 Å². The van der Waals surface area contributed by atoms with Gasteiger partial charge in [0.05, 0.1) is 6.61 Å². The Morgan fingerprint density at radius 1 is 1.64 bits per heavy atom. The highest BCUT2D eigenvalue weighted by Gasteiger charge is 2.25. The summed E-state index contributed by atoms with van der Waals surface area (Å²) >= 11 is 1.20. The van der Waals surface area contributed by atoms with Crippen molar-refractivity contribution in [2.75, 3.05) is 6.61 Å². The standard InChI is InChI=1S/C8H15NOS/c1-3-9-11-10-6-8-4-7(2)5-8/h3,7-8H,4-6H2,1-2H3/b9-3-. The van der Waals surface area contributed by atoms with Gasteiger partial charge in [-0.2, -0.15) is 0 Å². The molecule has 11 heavy (non-hydrogen) atoms. The molecule has 0 radical (unpaired) electrons. The summed E-state index contributed by atoms with van der Waals surface area (Å²) in [6.07, 6.45) is 4.40. The van der Waals surface area contributed by atoms with Crippen molar-refractivity contribution in [3.05, 3.63) is 0 Å². The van der Waals surface area contributed by atoms with Crippen LogP contribution in [0, 0.1) is 11.8 Å². The Kier molecular flexibility index (Phi) is 3.94. The van der Waals surface area contributed by atoms with Gasteiger partial charge in [0.2, 0.25) is 0 Å². The Morgan fingerprint density at radius 3 is 2.91 bits per heavy atom. The summed E-state index contributed by atoms with van der Waals surface area (Å²) < 4.78 is 9.14. The van der Waals surface area contributed by atoms with Gasteiger partial charge in [0, 0.05) is 6.21 Å². The number of nitrogens with zero attached hydrogens (tertiary/aromatic N) is 1. The molecule has 0 amide bonds. The van der Waals surface area contributed by atoms with Gasteiger partial charge in [-0.25, -0.2) is 4.40 Å². The lowest BCUT2D eigenvalue weighted by atomic mass is 9.77. The van der Waals surface area contributed by atoms with Crippen LogP contribution in [-0.4, -0.2) is 12.8 Å². The highest BCUT2D eigenvalue weighted by atomic mass is 32.2. The van der Waals surface area contributed by atoms with Crippen LogP contribution in [0.25, 0.3) is 0 Å². The first kappa shape index (κ1) is 9.07. The van der Waals surface area contributed by atoms with Gasteiger partial charge in [-0.15, -0.1) is 0 Å². The van der Waals surface area contributed by atoms with Gasteiger partial charge < -0.3 is 0 Å². The van der Waals surface area contributed by atoms with E-state index in [-0.39, 0.29) is 0 Å². The summed E-state index contributed by atoms with van der Waals surface area (Å²) in [4.78, 5) is 0. The Balaban J connectivity index is 1.88. The fourth-order valence-electron chi connectivity index (χ4n) is 1.41. The maximum absolute atomic E-state index is 5.25. The van der Waals surface area contributed by atoms with Crippen molar-refractivity contribution in [1.29, 1.82) is 0 Å². The smallest absolute Gasteiger partial charge is 0.135 e. The van der Waals surface area contributed by atoms with E-state index in [1.54, 1.807) is 6.21 Å². The average Bonchev–Trinajstić information content (AvgIpc) is 1.94. The number of hydrogen-bond donors (Lipinski definition) is 0. The molecule has 1 aliphatic carbocycles. The Morgan fingerprint density at radius 2 is 2.36 bits per heavy atom. The second-order valence-corrected chi connectivity index (χ2v) is 3.76. The van der Waals surface area contributed by atoms with Gasteiger partial charge in [0.1, 0.15) is 12.2 Å². The predicted molar refractivity (Wildman–Crippen MR) is 49.6 cm³/mol. The fourth-order valence-corrected chi connectivity index (χ4v) is 1.81. The molecule has 1 fully saturated rings.